The van der Waals surface area contributed by atoms with Crippen LogP contribution in [-0.4, -0.2) is 4.98 Å². The summed E-state index contributed by atoms with van der Waals surface area (Å²) < 4.78 is 41.9. The van der Waals surface area contributed by atoms with Gasteiger partial charge in [-0.1, -0.05) is 26.0 Å². The molecule has 0 bridgehead atoms. The van der Waals surface area contributed by atoms with E-state index in [1.54, 1.807) is 13.0 Å². The number of hydrogen-bond acceptors (Lipinski definition) is 2. The summed E-state index contributed by atoms with van der Waals surface area (Å²) in [5.41, 5.74) is 6.07. The molecule has 1 fully saturated rings. The van der Waals surface area contributed by atoms with E-state index in [9.17, 15) is 1.37 Å². The van der Waals surface area contributed by atoms with Gasteiger partial charge in [-0.05, 0) is 80.4 Å². The van der Waals surface area contributed by atoms with E-state index in [0.717, 1.165) is 53.5 Å². The van der Waals surface area contributed by atoms with E-state index in [0.29, 0.717) is 22.4 Å². The Morgan fingerprint density at radius 2 is 1.90 bits per heavy atom. The number of hydrogen-bond donors (Lipinski definition) is 0. The number of pyridine rings is 2. The molecule has 0 spiro atoms. The number of furan rings is 1. The van der Waals surface area contributed by atoms with E-state index in [1.807, 2.05) is 32.3 Å². The lowest BCUT2D eigenvalue weighted by molar-refractivity contribution is -0.660. The minimum atomic E-state index is -2.27. The van der Waals surface area contributed by atoms with E-state index < -0.39 is 12.7 Å². The molecule has 3 heteroatoms. The van der Waals surface area contributed by atoms with Gasteiger partial charge in [-0.15, -0.1) is 0 Å². The Morgan fingerprint density at radius 3 is 2.65 bits per heavy atom. The van der Waals surface area contributed by atoms with Gasteiger partial charge in [0.05, 0.1) is 10.9 Å². The molecule has 1 aliphatic carbocycles. The molecule has 31 heavy (non-hydrogen) atoms. The van der Waals surface area contributed by atoms with E-state index in [4.69, 9.17) is 8.53 Å². The Balaban J connectivity index is 1.74. The first-order valence-electron chi connectivity index (χ1n) is 13.1. The fourth-order valence-corrected chi connectivity index (χ4v) is 4.93. The fourth-order valence-electron chi connectivity index (χ4n) is 4.93. The van der Waals surface area contributed by atoms with Crippen molar-refractivity contribution < 1.29 is 14.5 Å². The van der Waals surface area contributed by atoms with Crippen molar-refractivity contribution in [3.05, 3.63) is 58.9 Å². The molecule has 0 N–H and O–H groups in total. The average Bonchev–Trinajstić information content (AvgIpc) is 3.13. The zero-order valence-electron chi connectivity index (χ0n) is 23.1. The molecule has 5 rings (SSSR count). The molecule has 0 amide bonds. The van der Waals surface area contributed by atoms with Gasteiger partial charge in [0.1, 0.15) is 7.05 Å². The van der Waals surface area contributed by atoms with E-state index in [2.05, 4.69) is 35.5 Å². The quantitative estimate of drug-likeness (QED) is 0.326. The predicted molar refractivity (Wildman–Crippen MR) is 127 cm³/mol. The molecule has 3 nitrogen and oxygen atoms in total. The highest BCUT2D eigenvalue weighted by Crippen LogP contribution is 2.43. The van der Waals surface area contributed by atoms with E-state index in [1.165, 1.54) is 0 Å². The van der Waals surface area contributed by atoms with Crippen molar-refractivity contribution in [1.29, 1.82) is 0 Å². The van der Waals surface area contributed by atoms with E-state index in [-0.39, 0.29) is 11.0 Å². The summed E-state index contributed by atoms with van der Waals surface area (Å²) in [5, 5.41) is 1.31. The van der Waals surface area contributed by atoms with Crippen LogP contribution >= 0.6 is 0 Å². The van der Waals surface area contributed by atoms with Crippen LogP contribution < -0.4 is 4.57 Å². The van der Waals surface area contributed by atoms with Crippen molar-refractivity contribution in [1.82, 2.24) is 4.98 Å². The van der Waals surface area contributed by atoms with Crippen molar-refractivity contribution in [2.45, 2.75) is 66.1 Å². The molecule has 3 aromatic heterocycles. The van der Waals surface area contributed by atoms with Crippen LogP contribution in [0.3, 0.4) is 0 Å². The number of aryl methyl sites for hydroxylation is 4. The summed E-state index contributed by atoms with van der Waals surface area (Å²) in [5.74, 6) is -0.610. The van der Waals surface area contributed by atoms with Crippen LogP contribution in [0.1, 0.15) is 73.3 Å². The third kappa shape index (κ3) is 3.44. The molecular weight excluding hydrogens is 380 g/mol. The van der Waals surface area contributed by atoms with Gasteiger partial charge in [-0.3, -0.25) is 0 Å². The average molecular weight is 418 g/mol. The summed E-state index contributed by atoms with van der Waals surface area (Å²) in [6.45, 7) is 6.13. The van der Waals surface area contributed by atoms with Crippen LogP contribution in [0.5, 0.6) is 0 Å². The Bertz CT molecular complexity index is 1460. The molecular formula is C28H33N2O+. The smallest absolute Gasteiger partial charge is 0.227 e. The van der Waals surface area contributed by atoms with Gasteiger partial charge in [0, 0.05) is 28.7 Å². The maximum absolute atomic E-state index is 9.29. The lowest BCUT2D eigenvalue weighted by Gasteiger charge is -2.34. The first kappa shape index (κ1) is 16.0. The molecule has 3 heterocycles. The van der Waals surface area contributed by atoms with E-state index >= 15 is 0 Å². The minimum absolute atomic E-state index is 0.265. The monoisotopic (exact) mass is 417 g/mol. The highest BCUT2D eigenvalue weighted by Gasteiger charge is 2.29. The van der Waals surface area contributed by atoms with Crippen molar-refractivity contribution in [3.63, 3.8) is 0 Å². The molecule has 4 aromatic rings. The lowest BCUT2D eigenvalue weighted by Crippen LogP contribution is -2.31. The third-order valence-electron chi connectivity index (χ3n) is 6.97. The third-order valence-corrected chi connectivity index (χ3v) is 6.97. The molecule has 0 atom stereocenters. The summed E-state index contributed by atoms with van der Waals surface area (Å²) in [4.78, 5) is 4.54. The van der Waals surface area contributed by atoms with Gasteiger partial charge >= 0.3 is 0 Å². The van der Waals surface area contributed by atoms with Crippen LogP contribution in [0.25, 0.3) is 33.3 Å². The van der Waals surface area contributed by atoms with Gasteiger partial charge < -0.3 is 4.42 Å². The summed E-state index contributed by atoms with van der Waals surface area (Å²) in [7, 11) is 2.00. The fraction of sp³-hybridized carbons (Fsp3) is 0.429. The molecule has 0 aliphatic heterocycles. The van der Waals surface area contributed by atoms with Crippen molar-refractivity contribution in [2.75, 3.05) is 0 Å². The minimum Gasteiger partial charge on any atom is -0.437 e. The molecule has 160 valence electrons. The zero-order chi connectivity index (χ0) is 25.3. The Labute approximate surface area is 190 Å². The van der Waals surface area contributed by atoms with Crippen LogP contribution in [0.4, 0.5) is 0 Å². The highest BCUT2D eigenvalue weighted by atomic mass is 16.3. The number of nitrogens with zero attached hydrogens (tertiary/aromatic N) is 2. The van der Waals surface area contributed by atoms with Gasteiger partial charge in [-0.25, -0.2) is 9.55 Å². The van der Waals surface area contributed by atoms with Crippen LogP contribution in [0, 0.1) is 26.1 Å². The first-order valence-corrected chi connectivity index (χ1v) is 11.1. The Hall–Kier alpha value is -2.68. The second-order valence-electron chi connectivity index (χ2n) is 9.91. The molecule has 0 unspecified atom stereocenters. The predicted octanol–water partition coefficient (Wildman–Crippen LogP) is 7.08. The Kier molecular flexibility index (Phi) is 3.71. The molecule has 1 saturated carbocycles. The largest absolute Gasteiger partial charge is 0.437 e. The maximum atomic E-state index is 9.29. The normalized spacial score (nSPS) is 20.3. The number of fused-ring (bicyclic) bond motifs is 3. The second-order valence-corrected chi connectivity index (χ2v) is 9.91. The summed E-state index contributed by atoms with van der Waals surface area (Å²) in [6.07, 6.45) is 5.78. The number of aromatic nitrogens is 2. The molecule has 1 aromatic carbocycles. The summed E-state index contributed by atoms with van der Waals surface area (Å²) in [6, 6.07) is 9.79. The van der Waals surface area contributed by atoms with Crippen molar-refractivity contribution in [2.24, 2.45) is 12.5 Å². The lowest BCUT2D eigenvalue weighted by atomic mass is 9.71. The SMILES string of the molecule is [2H]C([2H])([2H])c1cc(C)nc2oc3c(-c4cc(C5([2H])CCC(C)(C)CC5)cc[n+]4C)c(C)ccc3c12. The first-order chi connectivity index (χ1) is 16.3. The van der Waals surface area contributed by atoms with Gasteiger partial charge in [0.15, 0.2) is 11.8 Å². The molecule has 1 aliphatic rings. The summed E-state index contributed by atoms with van der Waals surface area (Å²) >= 11 is 0. The van der Waals surface area contributed by atoms with Crippen LogP contribution in [-0.2, 0) is 7.05 Å². The zero-order valence-corrected chi connectivity index (χ0v) is 19.1. The topological polar surface area (TPSA) is 29.9 Å². The number of rotatable bonds is 2. The van der Waals surface area contributed by atoms with Crippen LogP contribution in [0.15, 0.2) is 40.9 Å². The number of benzene rings is 1. The van der Waals surface area contributed by atoms with Crippen molar-refractivity contribution in [3.8, 4) is 11.3 Å². The standard InChI is InChI=1S/C28H33N2O/c1-17-7-8-22-24-18(2)15-19(3)29-27(24)31-26(22)25(17)23-16-21(11-14-30(23)6)20-9-12-28(4,5)13-10-20/h7-8,11,14-16,20H,9-10,12-13H2,1-6H3/q+1/i2D3,20D. The maximum Gasteiger partial charge on any atom is 0.227 e. The van der Waals surface area contributed by atoms with Gasteiger partial charge in [0.2, 0.25) is 11.4 Å². The van der Waals surface area contributed by atoms with Gasteiger partial charge in [-0.2, -0.15) is 0 Å². The van der Waals surface area contributed by atoms with Crippen molar-refractivity contribution >= 4 is 22.1 Å². The molecule has 0 radical (unpaired) electrons. The molecule has 0 saturated heterocycles. The van der Waals surface area contributed by atoms with Gasteiger partial charge in [0.25, 0.3) is 0 Å². The Morgan fingerprint density at radius 1 is 1.13 bits per heavy atom. The highest BCUT2D eigenvalue weighted by molar-refractivity contribution is 6.10. The second kappa shape index (κ2) is 7.19. The van der Waals surface area contributed by atoms with Crippen LogP contribution in [0.2, 0.25) is 0 Å².